The first-order valence-corrected chi connectivity index (χ1v) is 8.94. The predicted molar refractivity (Wildman–Crippen MR) is 103 cm³/mol. The van der Waals surface area contributed by atoms with E-state index in [2.05, 4.69) is 90.2 Å². The summed E-state index contributed by atoms with van der Waals surface area (Å²) in [5.74, 6) is 0.951. The fraction of sp³-hybridized carbons (Fsp3) is 0.130. The van der Waals surface area contributed by atoms with Gasteiger partial charge < -0.3 is 10.2 Å². The Hall–Kier alpha value is -3.04. The molecule has 0 radical (unpaired) electrons. The van der Waals surface area contributed by atoms with Crippen LogP contribution < -0.4 is 10.2 Å². The molecule has 0 saturated carbocycles. The maximum absolute atomic E-state index is 6.39. The average molecular weight is 340 g/mol. The standard InChI is InChI=1S/C23H20N2O/c1-16-11-13-18(14-12-16)23-25-21(19-9-5-6-10-22(19)26-23)15-20(24-25)17-7-3-2-4-8-17/h2-15,21,23-24H,1H3/t21-,23+/m1/s1. The molecular weight excluding hydrogens is 320 g/mol. The van der Waals surface area contributed by atoms with Gasteiger partial charge in [-0.1, -0.05) is 78.4 Å². The van der Waals surface area contributed by atoms with Crippen LogP contribution in [0.3, 0.4) is 0 Å². The van der Waals surface area contributed by atoms with Crippen molar-refractivity contribution in [3.05, 3.63) is 107 Å². The summed E-state index contributed by atoms with van der Waals surface area (Å²) >= 11 is 0. The van der Waals surface area contributed by atoms with Crippen LogP contribution in [-0.2, 0) is 0 Å². The summed E-state index contributed by atoms with van der Waals surface area (Å²) < 4.78 is 6.39. The molecule has 0 fully saturated rings. The largest absolute Gasteiger partial charge is 0.469 e. The van der Waals surface area contributed by atoms with Gasteiger partial charge in [-0.25, -0.2) is 0 Å². The van der Waals surface area contributed by atoms with Gasteiger partial charge in [-0.3, -0.25) is 0 Å². The van der Waals surface area contributed by atoms with Crippen LogP contribution in [0, 0.1) is 6.92 Å². The van der Waals surface area contributed by atoms with Crippen LogP contribution in [0.5, 0.6) is 5.75 Å². The zero-order chi connectivity index (χ0) is 17.5. The Morgan fingerprint density at radius 1 is 0.846 bits per heavy atom. The number of hydrogen-bond donors (Lipinski definition) is 1. The van der Waals surface area contributed by atoms with Gasteiger partial charge >= 0.3 is 0 Å². The van der Waals surface area contributed by atoms with E-state index in [4.69, 9.17) is 4.74 Å². The normalized spacial score (nSPS) is 21.2. The van der Waals surface area contributed by atoms with Crippen molar-refractivity contribution >= 4 is 5.70 Å². The van der Waals surface area contributed by atoms with Crippen molar-refractivity contribution in [3.8, 4) is 5.75 Å². The van der Waals surface area contributed by atoms with Gasteiger partial charge in [-0.05, 0) is 24.6 Å². The zero-order valence-corrected chi connectivity index (χ0v) is 14.6. The molecule has 2 atom stereocenters. The summed E-state index contributed by atoms with van der Waals surface area (Å²) in [6.07, 6.45) is 2.12. The maximum atomic E-state index is 6.39. The van der Waals surface area contributed by atoms with Crippen molar-refractivity contribution in [2.24, 2.45) is 0 Å². The third-order valence-corrected chi connectivity index (χ3v) is 5.05. The van der Waals surface area contributed by atoms with E-state index in [1.54, 1.807) is 0 Å². The van der Waals surface area contributed by atoms with E-state index >= 15 is 0 Å². The highest BCUT2D eigenvalue weighted by molar-refractivity contribution is 5.67. The lowest BCUT2D eigenvalue weighted by atomic mass is 10.0. The van der Waals surface area contributed by atoms with Crippen molar-refractivity contribution in [2.75, 3.05) is 0 Å². The number of rotatable bonds is 2. The van der Waals surface area contributed by atoms with Gasteiger partial charge in [0.1, 0.15) is 5.75 Å². The molecule has 26 heavy (non-hydrogen) atoms. The number of nitrogens with one attached hydrogen (secondary N) is 1. The minimum Gasteiger partial charge on any atom is -0.469 e. The van der Waals surface area contributed by atoms with Crippen molar-refractivity contribution < 1.29 is 4.74 Å². The number of fused-ring (bicyclic) bond motifs is 3. The quantitative estimate of drug-likeness (QED) is 0.711. The third kappa shape index (κ3) is 2.49. The van der Waals surface area contributed by atoms with Crippen molar-refractivity contribution in [3.63, 3.8) is 0 Å². The van der Waals surface area contributed by atoms with E-state index in [9.17, 15) is 0 Å². The Morgan fingerprint density at radius 3 is 2.38 bits per heavy atom. The number of aryl methyl sites for hydroxylation is 1. The maximum Gasteiger partial charge on any atom is 0.195 e. The molecule has 3 aromatic carbocycles. The molecule has 1 N–H and O–H groups in total. The minimum absolute atomic E-state index is 0.140. The third-order valence-electron chi connectivity index (χ3n) is 5.05. The summed E-state index contributed by atoms with van der Waals surface area (Å²) in [6, 6.07) is 27.4. The number of ether oxygens (including phenoxy) is 1. The Bertz CT molecular complexity index is 963. The van der Waals surface area contributed by atoms with Crippen LogP contribution in [0.15, 0.2) is 84.9 Å². The van der Waals surface area contributed by atoms with E-state index in [1.165, 1.54) is 16.7 Å². The average Bonchev–Trinajstić information content (AvgIpc) is 3.14. The number of para-hydroxylation sites is 1. The monoisotopic (exact) mass is 340 g/mol. The van der Waals surface area contributed by atoms with E-state index in [0.717, 1.165) is 17.0 Å². The van der Waals surface area contributed by atoms with E-state index in [-0.39, 0.29) is 12.3 Å². The van der Waals surface area contributed by atoms with Crippen molar-refractivity contribution in [1.29, 1.82) is 0 Å². The molecule has 0 spiro atoms. The van der Waals surface area contributed by atoms with Gasteiger partial charge in [-0.2, -0.15) is 5.01 Å². The molecular formula is C23H20N2O. The Morgan fingerprint density at radius 2 is 1.58 bits per heavy atom. The first kappa shape index (κ1) is 15.2. The number of nitrogens with zero attached hydrogens (tertiary/aromatic N) is 1. The van der Waals surface area contributed by atoms with E-state index in [0.29, 0.717) is 0 Å². The molecule has 0 aliphatic carbocycles. The lowest BCUT2D eigenvalue weighted by molar-refractivity contribution is -0.0326. The molecule has 2 heterocycles. The molecule has 2 aliphatic heterocycles. The molecule has 3 aromatic rings. The van der Waals surface area contributed by atoms with Gasteiger partial charge in [-0.15, -0.1) is 0 Å². The first-order chi connectivity index (χ1) is 12.8. The van der Waals surface area contributed by atoms with Crippen LogP contribution >= 0.6 is 0 Å². The topological polar surface area (TPSA) is 24.5 Å². The fourth-order valence-corrected chi connectivity index (χ4v) is 3.68. The molecule has 0 amide bonds. The van der Waals surface area contributed by atoms with Crippen LogP contribution in [0.25, 0.3) is 5.70 Å². The summed E-state index contributed by atoms with van der Waals surface area (Å²) in [5.41, 5.74) is 9.47. The minimum atomic E-state index is -0.173. The second-order valence-electron chi connectivity index (χ2n) is 6.83. The second kappa shape index (κ2) is 6.04. The van der Waals surface area contributed by atoms with Gasteiger partial charge in [0.25, 0.3) is 0 Å². The highest BCUT2D eigenvalue weighted by Crippen LogP contribution is 2.45. The zero-order valence-electron chi connectivity index (χ0n) is 14.6. The van der Waals surface area contributed by atoms with E-state index in [1.807, 2.05) is 12.1 Å². The number of hydrogen-bond acceptors (Lipinski definition) is 3. The second-order valence-corrected chi connectivity index (χ2v) is 6.83. The van der Waals surface area contributed by atoms with Gasteiger partial charge in [0.15, 0.2) is 6.23 Å². The smallest absolute Gasteiger partial charge is 0.195 e. The van der Waals surface area contributed by atoms with E-state index < -0.39 is 0 Å². The van der Waals surface area contributed by atoms with Crippen LogP contribution in [0.4, 0.5) is 0 Å². The highest BCUT2D eigenvalue weighted by atomic mass is 16.5. The lowest BCUT2D eigenvalue weighted by Gasteiger charge is -2.39. The van der Waals surface area contributed by atoms with Crippen LogP contribution in [0.2, 0.25) is 0 Å². The fourth-order valence-electron chi connectivity index (χ4n) is 3.68. The number of hydrazine groups is 1. The molecule has 128 valence electrons. The first-order valence-electron chi connectivity index (χ1n) is 8.94. The van der Waals surface area contributed by atoms with Crippen LogP contribution in [-0.4, -0.2) is 5.01 Å². The van der Waals surface area contributed by atoms with Crippen molar-refractivity contribution in [1.82, 2.24) is 10.4 Å². The molecule has 3 heteroatoms. The van der Waals surface area contributed by atoms with Gasteiger partial charge in [0.05, 0.1) is 11.7 Å². The summed E-state index contributed by atoms with van der Waals surface area (Å²) in [5, 5.41) is 2.20. The summed E-state index contributed by atoms with van der Waals surface area (Å²) in [7, 11) is 0. The Balaban J connectivity index is 1.59. The van der Waals surface area contributed by atoms with Crippen LogP contribution in [0.1, 0.15) is 34.5 Å². The highest BCUT2D eigenvalue weighted by Gasteiger charge is 2.39. The molecule has 2 aliphatic rings. The summed E-state index contributed by atoms with van der Waals surface area (Å²) in [6.45, 7) is 2.10. The molecule has 0 aromatic heterocycles. The molecule has 0 saturated heterocycles. The van der Waals surface area contributed by atoms with Gasteiger partial charge in [0.2, 0.25) is 0 Å². The lowest BCUT2D eigenvalue weighted by Crippen LogP contribution is -2.43. The molecule has 0 bridgehead atoms. The Labute approximate surface area is 153 Å². The predicted octanol–water partition coefficient (Wildman–Crippen LogP) is 4.99. The molecule has 5 rings (SSSR count). The van der Waals surface area contributed by atoms with Crippen molar-refractivity contribution in [2.45, 2.75) is 19.2 Å². The Kier molecular flexibility index (Phi) is 3.54. The molecule has 3 nitrogen and oxygen atoms in total. The molecule has 0 unspecified atom stereocenters. The number of benzene rings is 3. The SMILES string of the molecule is Cc1ccc([C@@H]2Oc3ccccc3[C@H]3C=C(c4ccccc4)NN32)cc1. The summed E-state index contributed by atoms with van der Waals surface area (Å²) in [4.78, 5) is 0. The van der Waals surface area contributed by atoms with Gasteiger partial charge in [0, 0.05) is 11.1 Å².